The summed E-state index contributed by atoms with van der Waals surface area (Å²) >= 11 is 0. The fourth-order valence-corrected chi connectivity index (χ4v) is 5.92. The molecule has 5 rings (SSSR count). The number of benzene rings is 1. The number of hydrogen-bond acceptors (Lipinski definition) is 9. The van der Waals surface area contributed by atoms with Crippen LogP contribution in [0.4, 0.5) is 21.7 Å². The van der Waals surface area contributed by atoms with Crippen LogP contribution in [0.1, 0.15) is 25.0 Å². The van der Waals surface area contributed by atoms with Crippen molar-refractivity contribution >= 4 is 44.9 Å². The van der Waals surface area contributed by atoms with Crippen LogP contribution in [0.2, 0.25) is 0 Å². The van der Waals surface area contributed by atoms with Gasteiger partial charge in [0.1, 0.15) is 11.5 Å². The summed E-state index contributed by atoms with van der Waals surface area (Å²) in [5.74, 6) is -0.130. The lowest BCUT2D eigenvalue weighted by Gasteiger charge is -2.29. The van der Waals surface area contributed by atoms with Crippen LogP contribution in [-0.4, -0.2) is 74.2 Å². The smallest absolute Gasteiger partial charge is 0.261 e. The van der Waals surface area contributed by atoms with Crippen LogP contribution in [0.25, 0.3) is 16.7 Å². The summed E-state index contributed by atoms with van der Waals surface area (Å²) in [6.07, 6.45) is 4.85. The van der Waals surface area contributed by atoms with Crippen LogP contribution in [-0.2, 0) is 17.3 Å². The first-order valence-electron chi connectivity index (χ1n) is 13.8. The predicted octanol–water partition coefficient (Wildman–Crippen LogP) is 3.58. The van der Waals surface area contributed by atoms with Gasteiger partial charge in [-0.1, -0.05) is 20.4 Å². The van der Waals surface area contributed by atoms with Crippen molar-refractivity contribution in [1.82, 2.24) is 29.7 Å². The highest BCUT2D eigenvalue weighted by molar-refractivity contribution is 7.85. The van der Waals surface area contributed by atoms with Gasteiger partial charge in [0.15, 0.2) is 0 Å². The highest BCUT2D eigenvalue weighted by Gasteiger charge is 2.20. The van der Waals surface area contributed by atoms with Gasteiger partial charge in [-0.25, -0.2) is 9.37 Å². The Hall–Kier alpha value is -4.16. The Bertz CT molecular complexity index is 1720. The van der Waals surface area contributed by atoms with Crippen molar-refractivity contribution in [2.75, 3.05) is 50.5 Å². The lowest BCUT2D eigenvalue weighted by molar-refractivity contribution is 0.566. The summed E-state index contributed by atoms with van der Waals surface area (Å²) in [7, 11) is 2.35. The molecule has 0 saturated carbocycles. The van der Waals surface area contributed by atoms with E-state index in [0.717, 1.165) is 26.2 Å². The van der Waals surface area contributed by atoms with E-state index in [1.807, 2.05) is 32.8 Å². The van der Waals surface area contributed by atoms with Gasteiger partial charge in [0.05, 0.1) is 28.6 Å². The summed E-state index contributed by atoms with van der Waals surface area (Å²) in [6, 6.07) is 8.40. The molecule has 2 N–H and O–H groups in total. The minimum atomic E-state index is -1.29. The van der Waals surface area contributed by atoms with Crippen LogP contribution in [0, 0.1) is 5.82 Å². The Kier molecular flexibility index (Phi) is 8.64. The zero-order valence-corrected chi connectivity index (χ0v) is 25.0. The van der Waals surface area contributed by atoms with Crippen molar-refractivity contribution in [3.8, 4) is 0 Å². The van der Waals surface area contributed by atoms with E-state index in [4.69, 9.17) is 0 Å². The second-order valence-electron chi connectivity index (χ2n) is 10.6. The second-order valence-corrected chi connectivity index (χ2v) is 12.6. The molecule has 1 unspecified atom stereocenters. The molecule has 0 amide bonds. The maximum absolute atomic E-state index is 15.1. The zero-order valence-electron chi connectivity index (χ0n) is 24.2. The maximum Gasteiger partial charge on any atom is 0.261 e. The highest BCUT2D eigenvalue weighted by Crippen LogP contribution is 2.26. The number of nitrogens with one attached hydrogen (secondary N) is 2. The molecule has 1 aliphatic rings. The van der Waals surface area contributed by atoms with Gasteiger partial charge < -0.3 is 20.4 Å². The van der Waals surface area contributed by atoms with Gasteiger partial charge in [0.2, 0.25) is 5.95 Å². The summed E-state index contributed by atoms with van der Waals surface area (Å²) in [4.78, 5) is 31.7. The summed E-state index contributed by atoms with van der Waals surface area (Å²) < 4.78 is 29.7. The van der Waals surface area contributed by atoms with Crippen LogP contribution in [0.3, 0.4) is 0 Å². The van der Waals surface area contributed by atoms with E-state index < -0.39 is 10.8 Å². The Labute approximate surface area is 246 Å². The van der Waals surface area contributed by atoms with Crippen molar-refractivity contribution in [2.45, 2.75) is 30.5 Å². The molecule has 1 fully saturated rings. The van der Waals surface area contributed by atoms with E-state index >= 15 is 4.39 Å². The van der Waals surface area contributed by atoms with E-state index in [2.05, 4.69) is 32.2 Å². The molecule has 0 bridgehead atoms. The van der Waals surface area contributed by atoms with Crippen molar-refractivity contribution in [3.63, 3.8) is 0 Å². The van der Waals surface area contributed by atoms with Crippen molar-refractivity contribution < 1.29 is 8.60 Å². The minimum Gasteiger partial charge on any atom is -0.377 e. The summed E-state index contributed by atoms with van der Waals surface area (Å²) in [6.45, 7) is 11.0. The standard InChI is InChI=1S/C30H35FN8O2S/c1-19(2)42(41)27-8-9-33-16-22(27)18-39-28-21(14-24(29(39)40)20(3)37(4)5)17-34-30(36-28)35-23-6-7-26(25(31)15-23)38-12-10-32-11-13-38/h6-9,14-17,19,32H,3,10-13,18H2,1-2,4-5H3,(H,34,35,36). The molecule has 3 aromatic heterocycles. The quantitative estimate of drug-likeness (QED) is 0.302. The van der Waals surface area contributed by atoms with Gasteiger partial charge in [-0.15, -0.1) is 0 Å². The molecule has 0 radical (unpaired) electrons. The SMILES string of the molecule is C=C(c1cc2cnc(Nc3ccc(N4CCNCC4)c(F)c3)nc2n(Cc2cnccc2S(=O)C(C)C)c1=O)N(C)C. The summed E-state index contributed by atoms with van der Waals surface area (Å²) in [5.41, 5.74) is 2.69. The van der Waals surface area contributed by atoms with Crippen LogP contribution < -0.4 is 21.1 Å². The lowest BCUT2D eigenvalue weighted by atomic mass is 10.1. The molecule has 4 aromatic rings. The van der Waals surface area contributed by atoms with E-state index in [0.29, 0.717) is 44.1 Å². The topological polar surface area (TPSA) is 108 Å². The number of fused-ring (bicyclic) bond motifs is 1. The highest BCUT2D eigenvalue weighted by atomic mass is 32.2. The second kappa shape index (κ2) is 12.4. The Morgan fingerprint density at radius 2 is 1.95 bits per heavy atom. The minimum absolute atomic E-state index is 0.0932. The molecule has 4 heterocycles. The third kappa shape index (κ3) is 6.04. The first kappa shape index (κ1) is 29.3. The number of halogens is 1. The third-order valence-electron chi connectivity index (χ3n) is 7.17. The molecule has 1 aromatic carbocycles. The number of anilines is 3. The third-order valence-corrected chi connectivity index (χ3v) is 8.86. The number of piperazine rings is 1. The Morgan fingerprint density at radius 1 is 1.19 bits per heavy atom. The molecule has 1 atom stereocenters. The van der Waals surface area contributed by atoms with Gasteiger partial charge in [0, 0.05) is 91.3 Å². The van der Waals surface area contributed by atoms with E-state index in [1.54, 1.807) is 47.8 Å². The van der Waals surface area contributed by atoms with Gasteiger partial charge in [-0.2, -0.15) is 4.98 Å². The van der Waals surface area contributed by atoms with E-state index in [9.17, 15) is 9.00 Å². The molecule has 10 nitrogen and oxygen atoms in total. The molecule has 220 valence electrons. The van der Waals surface area contributed by atoms with Crippen LogP contribution >= 0.6 is 0 Å². The summed E-state index contributed by atoms with van der Waals surface area (Å²) in [5, 5.41) is 6.86. The average molecular weight is 591 g/mol. The molecule has 12 heteroatoms. The maximum atomic E-state index is 15.1. The number of aromatic nitrogens is 4. The fourth-order valence-electron chi connectivity index (χ4n) is 4.84. The largest absolute Gasteiger partial charge is 0.377 e. The van der Waals surface area contributed by atoms with Crippen molar-refractivity contribution in [2.24, 2.45) is 0 Å². The van der Waals surface area contributed by atoms with Gasteiger partial charge in [-0.3, -0.25) is 18.6 Å². The van der Waals surface area contributed by atoms with E-state index in [-0.39, 0.29) is 29.1 Å². The normalized spacial score (nSPS) is 14.3. The Balaban J connectivity index is 1.56. The molecule has 1 aliphatic heterocycles. The zero-order chi connectivity index (χ0) is 30.0. The van der Waals surface area contributed by atoms with Crippen LogP contribution in [0.5, 0.6) is 0 Å². The number of rotatable bonds is 9. The average Bonchev–Trinajstić information content (AvgIpc) is 2.98. The Morgan fingerprint density at radius 3 is 2.64 bits per heavy atom. The van der Waals surface area contributed by atoms with E-state index in [1.165, 1.54) is 10.6 Å². The lowest BCUT2D eigenvalue weighted by Crippen LogP contribution is -2.43. The van der Waals surface area contributed by atoms with Crippen molar-refractivity contribution in [1.29, 1.82) is 0 Å². The molecular weight excluding hydrogens is 555 g/mol. The predicted molar refractivity (Wildman–Crippen MR) is 166 cm³/mol. The molecule has 0 spiro atoms. The van der Waals surface area contributed by atoms with Crippen molar-refractivity contribution in [3.05, 3.63) is 82.8 Å². The fraction of sp³-hybridized carbons (Fsp3) is 0.333. The first-order chi connectivity index (χ1) is 20.1. The molecule has 42 heavy (non-hydrogen) atoms. The first-order valence-corrected chi connectivity index (χ1v) is 15.0. The van der Waals surface area contributed by atoms with Gasteiger partial charge >= 0.3 is 0 Å². The number of nitrogens with zero attached hydrogens (tertiary/aromatic N) is 6. The number of pyridine rings is 2. The van der Waals surface area contributed by atoms with Gasteiger partial charge in [0.25, 0.3) is 5.56 Å². The molecule has 0 aliphatic carbocycles. The number of hydrogen-bond donors (Lipinski definition) is 2. The molecular formula is C30H35FN8O2S. The van der Waals surface area contributed by atoms with Crippen LogP contribution in [0.15, 0.2) is 65.2 Å². The molecule has 1 saturated heterocycles. The van der Waals surface area contributed by atoms with Gasteiger partial charge in [-0.05, 0) is 30.3 Å². The monoisotopic (exact) mass is 590 g/mol.